The highest BCUT2D eigenvalue weighted by Crippen LogP contribution is 2.15. The molecule has 1 aromatic heterocycles. The van der Waals surface area contributed by atoms with Gasteiger partial charge in [-0.2, -0.15) is 4.98 Å². The molecule has 0 aliphatic carbocycles. The first-order valence-electron chi connectivity index (χ1n) is 8.37. The van der Waals surface area contributed by atoms with Crippen molar-refractivity contribution in [3.05, 3.63) is 11.7 Å². The molecule has 9 nitrogen and oxygen atoms in total. The van der Waals surface area contributed by atoms with E-state index in [1.54, 1.807) is 11.9 Å². The number of nitrogens with zero attached hydrogens (tertiary/aromatic N) is 5. The third kappa shape index (κ3) is 4.76. The lowest BCUT2D eigenvalue weighted by Crippen LogP contribution is -2.60. The first-order valence-corrected chi connectivity index (χ1v) is 8.37. The highest BCUT2D eigenvalue weighted by Gasteiger charge is 2.35. The number of aromatic nitrogens is 2. The van der Waals surface area contributed by atoms with Crippen molar-refractivity contribution < 1.29 is 18.8 Å². The number of hydrogen-bond donors (Lipinski definition) is 0. The molecular formula is C16H27N5O4. The third-order valence-corrected chi connectivity index (χ3v) is 4.19. The van der Waals surface area contributed by atoms with Gasteiger partial charge in [-0.25, -0.2) is 0 Å². The lowest BCUT2D eigenvalue weighted by molar-refractivity contribution is -0.150. The summed E-state index contributed by atoms with van der Waals surface area (Å²) in [5, 5.41) is 3.91. The molecule has 1 aromatic rings. The number of methoxy groups -OCH3 is 1. The van der Waals surface area contributed by atoms with E-state index >= 15 is 0 Å². The zero-order chi connectivity index (χ0) is 18.6. The van der Waals surface area contributed by atoms with Crippen molar-refractivity contribution in [2.24, 2.45) is 0 Å². The molecular weight excluding hydrogens is 326 g/mol. The number of amides is 2. The van der Waals surface area contributed by atoms with Crippen LogP contribution in [0.2, 0.25) is 0 Å². The Morgan fingerprint density at radius 1 is 1.40 bits per heavy atom. The maximum Gasteiger partial charge on any atom is 0.249 e. The fourth-order valence-corrected chi connectivity index (χ4v) is 2.75. The summed E-state index contributed by atoms with van der Waals surface area (Å²) < 4.78 is 10.1. The molecule has 1 atom stereocenters. The van der Waals surface area contributed by atoms with E-state index in [1.165, 1.54) is 12.0 Å². The second kappa shape index (κ2) is 8.39. The van der Waals surface area contributed by atoms with E-state index in [0.717, 1.165) is 6.54 Å². The molecule has 0 spiro atoms. The van der Waals surface area contributed by atoms with E-state index < -0.39 is 6.04 Å². The highest BCUT2D eigenvalue weighted by atomic mass is 16.5. The van der Waals surface area contributed by atoms with Crippen molar-refractivity contribution >= 4 is 11.8 Å². The first kappa shape index (κ1) is 19.3. The molecule has 2 amide bonds. The summed E-state index contributed by atoms with van der Waals surface area (Å²) in [5.41, 5.74) is 0. The fraction of sp³-hybridized carbons (Fsp3) is 0.750. The van der Waals surface area contributed by atoms with Gasteiger partial charge in [-0.05, 0) is 7.05 Å². The third-order valence-electron chi connectivity index (χ3n) is 4.19. The molecule has 2 rings (SSSR count). The van der Waals surface area contributed by atoms with Crippen LogP contribution >= 0.6 is 0 Å². The summed E-state index contributed by atoms with van der Waals surface area (Å²) in [6.07, 6.45) is 0. The van der Waals surface area contributed by atoms with Crippen LogP contribution in [0.3, 0.4) is 0 Å². The summed E-state index contributed by atoms with van der Waals surface area (Å²) in [4.78, 5) is 34.6. The minimum atomic E-state index is -0.539. The lowest BCUT2D eigenvalue weighted by atomic mass is 10.1. The maximum atomic E-state index is 12.9. The zero-order valence-corrected chi connectivity index (χ0v) is 15.6. The number of carbonyl (C=O) groups is 2. The van der Waals surface area contributed by atoms with Gasteiger partial charge >= 0.3 is 0 Å². The van der Waals surface area contributed by atoms with Gasteiger partial charge in [0.25, 0.3) is 0 Å². The summed E-state index contributed by atoms with van der Waals surface area (Å²) in [7, 11) is 5.09. The van der Waals surface area contributed by atoms with Crippen molar-refractivity contribution in [3.63, 3.8) is 0 Å². The van der Waals surface area contributed by atoms with E-state index in [0.29, 0.717) is 24.8 Å². The molecule has 1 aliphatic rings. The molecule has 0 unspecified atom stereocenters. The van der Waals surface area contributed by atoms with Crippen LogP contribution in [-0.4, -0.2) is 90.1 Å². The molecule has 140 valence electrons. The van der Waals surface area contributed by atoms with E-state index in [-0.39, 0.29) is 30.9 Å². The van der Waals surface area contributed by atoms with Gasteiger partial charge in [-0.15, -0.1) is 0 Å². The molecule has 0 saturated carbocycles. The SMILES string of the molecule is COCC(=O)N1CCN(C)C[C@H]1C(=O)N(C)Cc1noc(C(C)C)n1. The number of likely N-dealkylation sites (N-methyl/N-ethyl adjacent to an activating group) is 2. The van der Waals surface area contributed by atoms with E-state index in [4.69, 9.17) is 9.26 Å². The van der Waals surface area contributed by atoms with Crippen LogP contribution in [0.5, 0.6) is 0 Å². The summed E-state index contributed by atoms with van der Waals surface area (Å²) in [6.45, 7) is 5.85. The number of ether oxygens (including phenoxy) is 1. The number of piperazine rings is 1. The monoisotopic (exact) mass is 353 g/mol. The van der Waals surface area contributed by atoms with Gasteiger partial charge < -0.3 is 24.0 Å². The van der Waals surface area contributed by atoms with Crippen molar-refractivity contribution in [2.75, 3.05) is 47.4 Å². The number of carbonyl (C=O) groups excluding carboxylic acids is 2. The molecule has 0 bridgehead atoms. The number of rotatable bonds is 6. The first-order chi connectivity index (χ1) is 11.8. The molecule has 2 heterocycles. The van der Waals surface area contributed by atoms with Crippen LogP contribution in [0.25, 0.3) is 0 Å². The topological polar surface area (TPSA) is 92.0 Å². The second-order valence-electron chi connectivity index (χ2n) is 6.70. The molecule has 25 heavy (non-hydrogen) atoms. The Kier molecular flexibility index (Phi) is 6.49. The van der Waals surface area contributed by atoms with Gasteiger partial charge in [0, 0.05) is 39.7 Å². The van der Waals surface area contributed by atoms with Crippen molar-refractivity contribution in [2.45, 2.75) is 32.4 Å². The van der Waals surface area contributed by atoms with Gasteiger partial charge in [-0.3, -0.25) is 9.59 Å². The van der Waals surface area contributed by atoms with Gasteiger partial charge in [0.05, 0.1) is 6.54 Å². The van der Waals surface area contributed by atoms with Crippen molar-refractivity contribution in [1.82, 2.24) is 24.8 Å². The molecule has 1 fully saturated rings. The van der Waals surface area contributed by atoms with Crippen LogP contribution in [-0.2, 0) is 20.9 Å². The van der Waals surface area contributed by atoms with Crippen LogP contribution < -0.4 is 0 Å². The molecule has 1 aliphatic heterocycles. The van der Waals surface area contributed by atoms with Crippen LogP contribution in [0.15, 0.2) is 4.52 Å². The Balaban J connectivity index is 2.07. The molecule has 9 heteroatoms. The lowest BCUT2D eigenvalue weighted by Gasteiger charge is -2.40. The van der Waals surface area contributed by atoms with Gasteiger partial charge in [-0.1, -0.05) is 19.0 Å². The normalized spacial score (nSPS) is 18.6. The predicted octanol–water partition coefficient (Wildman–Crippen LogP) is -0.0596. The standard InChI is InChI=1S/C16H27N5O4/c1-11(2)15-17-13(18-25-15)9-20(4)16(23)12-8-19(3)6-7-21(12)14(22)10-24-5/h11-12H,6-10H2,1-5H3/t12-/m0/s1. The van der Waals surface area contributed by atoms with Crippen LogP contribution in [0.4, 0.5) is 0 Å². The molecule has 0 radical (unpaired) electrons. The average molecular weight is 353 g/mol. The smallest absolute Gasteiger partial charge is 0.249 e. The summed E-state index contributed by atoms with van der Waals surface area (Å²) >= 11 is 0. The average Bonchev–Trinajstić information content (AvgIpc) is 3.03. The Bertz CT molecular complexity index is 603. The fourth-order valence-electron chi connectivity index (χ4n) is 2.75. The van der Waals surface area contributed by atoms with E-state index in [1.807, 2.05) is 25.8 Å². The van der Waals surface area contributed by atoms with E-state index in [9.17, 15) is 9.59 Å². The maximum absolute atomic E-state index is 12.9. The van der Waals surface area contributed by atoms with Crippen molar-refractivity contribution in [3.8, 4) is 0 Å². The Morgan fingerprint density at radius 2 is 2.12 bits per heavy atom. The quantitative estimate of drug-likeness (QED) is 0.707. The van der Waals surface area contributed by atoms with Gasteiger partial charge in [0.15, 0.2) is 5.82 Å². The number of hydrogen-bond acceptors (Lipinski definition) is 7. The Labute approximate surface area is 147 Å². The Morgan fingerprint density at radius 3 is 2.72 bits per heavy atom. The largest absolute Gasteiger partial charge is 0.375 e. The van der Waals surface area contributed by atoms with Gasteiger partial charge in [0.1, 0.15) is 12.6 Å². The minimum Gasteiger partial charge on any atom is -0.375 e. The van der Waals surface area contributed by atoms with Crippen LogP contribution in [0.1, 0.15) is 31.5 Å². The molecule has 1 saturated heterocycles. The molecule has 0 aromatic carbocycles. The molecule has 0 N–H and O–H groups in total. The summed E-state index contributed by atoms with van der Waals surface area (Å²) in [6, 6.07) is -0.539. The Hall–Kier alpha value is -2.00. The zero-order valence-electron chi connectivity index (χ0n) is 15.6. The minimum absolute atomic E-state index is 0.0280. The second-order valence-corrected chi connectivity index (χ2v) is 6.70. The van der Waals surface area contributed by atoms with Crippen molar-refractivity contribution in [1.29, 1.82) is 0 Å². The highest BCUT2D eigenvalue weighted by molar-refractivity contribution is 5.88. The summed E-state index contributed by atoms with van der Waals surface area (Å²) in [5.74, 6) is 0.816. The predicted molar refractivity (Wildman–Crippen MR) is 89.7 cm³/mol. The van der Waals surface area contributed by atoms with Gasteiger partial charge in [0.2, 0.25) is 17.7 Å². The van der Waals surface area contributed by atoms with E-state index in [2.05, 4.69) is 10.1 Å². The van der Waals surface area contributed by atoms with Crippen LogP contribution in [0, 0.1) is 0 Å².